The maximum atomic E-state index is 6.38. The van der Waals surface area contributed by atoms with E-state index >= 15 is 0 Å². The molecular formula is C20H26ClNO2. The summed E-state index contributed by atoms with van der Waals surface area (Å²) in [6.45, 7) is 3.14. The molecule has 0 aromatic heterocycles. The monoisotopic (exact) mass is 347 g/mol. The van der Waals surface area contributed by atoms with Crippen LogP contribution in [0.15, 0.2) is 48.5 Å². The molecule has 2 N–H and O–H groups in total. The van der Waals surface area contributed by atoms with Gasteiger partial charge in [0.05, 0.1) is 6.61 Å². The molecule has 3 rings (SSSR count). The molecule has 3 nitrogen and oxygen atoms in total. The van der Waals surface area contributed by atoms with E-state index in [4.69, 9.17) is 15.2 Å². The minimum absolute atomic E-state index is 0. The third-order valence-corrected chi connectivity index (χ3v) is 4.55. The summed E-state index contributed by atoms with van der Waals surface area (Å²) in [5, 5.41) is 0. The minimum atomic E-state index is 0. The van der Waals surface area contributed by atoms with Crippen molar-refractivity contribution in [3.8, 4) is 11.5 Å². The Labute approximate surface area is 150 Å². The van der Waals surface area contributed by atoms with Crippen LogP contribution >= 0.6 is 12.4 Å². The molecule has 1 fully saturated rings. The number of hydrogen-bond acceptors (Lipinski definition) is 3. The molecule has 0 amide bonds. The molecule has 24 heavy (non-hydrogen) atoms. The molecule has 1 aliphatic rings. The second kappa shape index (κ2) is 8.95. The predicted octanol–water partition coefficient (Wildman–Crippen LogP) is 4.89. The van der Waals surface area contributed by atoms with Gasteiger partial charge in [0.25, 0.3) is 0 Å². The molecule has 1 atom stereocenters. The van der Waals surface area contributed by atoms with Gasteiger partial charge in [-0.25, -0.2) is 0 Å². The van der Waals surface area contributed by atoms with E-state index < -0.39 is 0 Å². The normalized spacial score (nSPS) is 15.1. The summed E-state index contributed by atoms with van der Waals surface area (Å²) in [6.07, 6.45) is 3.77. The van der Waals surface area contributed by atoms with Crippen LogP contribution in [0.3, 0.4) is 0 Å². The van der Waals surface area contributed by atoms with E-state index in [2.05, 4.69) is 18.2 Å². The highest BCUT2D eigenvalue weighted by molar-refractivity contribution is 5.85. The van der Waals surface area contributed by atoms with Crippen LogP contribution in [0.25, 0.3) is 0 Å². The van der Waals surface area contributed by atoms with Crippen LogP contribution < -0.4 is 15.2 Å². The van der Waals surface area contributed by atoms with Crippen molar-refractivity contribution < 1.29 is 9.47 Å². The highest BCUT2D eigenvalue weighted by Gasteiger charge is 2.26. The first-order chi connectivity index (χ1) is 11.3. The fourth-order valence-electron chi connectivity index (χ4n) is 2.93. The maximum Gasteiger partial charge on any atom is 0.161 e. The summed E-state index contributed by atoms with van der Waals surface area (Å²) in [5.41, 5.74) is 8.67. The molecule has 2 aromatic carbocycles. The zero-order valence-electron chi connectivity index (χ0n) is 14.1. The van der Waals surface area contributed by atoms with Gasteiger partial charge in [-0.3, -0.25) is 0 Å². The van der Waals surface area contributed by atoms with Crippen molar-refractivity contribution in [2.24, 2.45) is 11.7 Å². The Morgan fingerprint density at radius 2 is 1.79 bits per heavy atom. The van der Waals surface area contributed by atoms with E-state index in [-0.39, 0.29) is 18.4 Å². The minimum Gasteiger partial charge on any atom is -0.490 e. The molecule has 0 aliphatic heterocycles. The van der Waals surface area contributed by atoms with Crippen LogP contribution in [0.4, 0.5) is 0 Å². The summed E-state index contributed by atoms with van der Waals surface area (Å²) >= 11 is 0. The lowest BCUT2D eigenvalue weighted by atomic mass is 9.77. The average molecular weight is 348 g/mol. The molecule has 2 aromatic rings. The van der Waals surface area contributed by atoms with Gasteiger partial charge < -0.3 is 15.2 Å². The molecule has 0 bridgehead atoms. The Morgan fingerprint density at radius 3 is 2.42 bits per heavy atom. The third-order valence-electron chi connectivity index (χ3n) is 4.55. The molecule has 0 radical (unpaired) electrons. The van der Waals surface area contributed by atoms with Gasteiger partial charge in [-0.1, -0.05) is 42.8 Å². The highest BCUT2D eigenvalue weighted by Crippen LogP contribution is 2.39. The Balaban J connectivity index is 0.00000208. The van der Waals surface area contributed by atoms with E-state index in [1.165, 1.54) is 19.3 Å². The average Bonchev–Trinajstić information content (AvgIpc) is 2.53. The molecular weight excluding hydrogens is 322 g/mol. The number of hydrogen-bond donors (Lipinski definition) is 1. The van der Waals surface area contributed by atoms with E-state index in [0.717, 1.165) is 22.6 Å². The van der Waals surface area contributed by atoms with Crippen LogP contribution in [-0.4, -0.2) is 6.61 Å². The van der Waals surface area contributed by atoms with Crippen LogP contribution in [0.1, 0.15) is 43.4 Å². The van der Waals surface area contributed by atoms with E-state index in [9.17, 15) is 0 Å². The fraction of sp³-hybridized carbons (Fsp3) is 0.400. The summed E-state index contributed by atoms with van der Waals surface area (Å²) < 4.78 is 11.7. The highest BCUT2D eigenvalue weighted by atomic mass is 35.5. The lowest BCUT2D eigenvalue weighted by Crippen LogP contribution is -2.26. The first-order valence-corrected chi connectivity index (χ1v) is 8.47. The van der Waals surface area contributed by atoms with Crippen molar-refractivity contribution in [3.05, 3.63) is 59.7 Å². The van der Waals surface area contributed by atoms with Crippen molar-refractivity contribution in [1.82, 2.24) is 0 Å². The lowest BCUT2D eigenvalue weighted by Gasteiger charge is -2.31. The lowest BCUT2D eigenvalue weighted by molar-refractivity contribution is 0.258. The van der Waals surface area contributed by atoms with Gasteiger partial charge in [0.2, 0.25) is 0 Å². The van der Waals surface area contributed by atoms with Gasteiger partial charge in [-0.05, 0) is 48.9 Å². The number of rotatable bonds is 7. The van der Waals surface area contributed by atoms with Crippen molar-refractivity contribution in [2.75, 3.05) is 6.61 Å². The van der Waals surface area contributed by atoms with Crippen molar-refractivity contribution >= 4 is 12.4 Å². The maximum absolute atomic E-state index is 6.38. The fourth-order valence-corrected chi connectivity index (χ4v) is 2.93. The molecule has 130 valence electrons. The standard InChI is InChI=1S/C20H25NO2.ClH/c1-2-22-19-13-17(20(21)16-9-6-10-16)11-12-18(19)23-14-15-7-4-3-5-8-15;/h3-5,7-8,11-13,16,20H,2,6,9-10,14,21H2,1H3;1H/t20-;/m0./s1. The van der Waals surface area contributed by atoms with Crippen LogP contribution in [0, 0.1) is 5.92 Å². The summed E-state index contributed by atoms with van der Waals surface area (Å²) in [7, 11) is 0. The first kappa shape index (κ1) is 18.6. The molecule has 0 spiro atoms. The van der Waals surface area contributed by atoms with Gasteiger partial charge in [0, 0.05) is 6.04 Å². The van der Waals surface area contributed by atoms with Gasteiger partial charge >= 0.3 is 0 Å². The van der Waals surface area contributed by atoms with Crippen molar-refractivity contribution in [1.29, 1.82) is 0 Å². The molecule has 4 heteroatoms. The van der Waals surface area contributed by atoms with Crippen LogP contribution in [0.5, 0.6) is 11.5 Å². The smallest absolute Gasteiger partial charge is 0.161 e. The Morgan fingerprint density at radius 1 is 1.04 bits per heavy atom. The number of nitrogens with two attached hydrogens (primary N) is 1. The predicted molar refractivity (Wildman–Crippen MR) is 99.9 cm³/mol. The van der Waals surface area contributed by atoms with E-state index in [0.29, 0.717) is 19.1 Å². The van der Waals surface area contributed by atoms with Gasteiger partial charge in [0.1, 0.15) is 6.61 Å². The molecule has 0 heterocycles. The SMILES string of the molecule is CCOc1cc([C@@H](N)C2CCC2)ccc1OCc1ccccc1.Cl. The van der Waals surface area contributed by atoms with E-state index in [1.54, 1.807) is 0 Å². The van der Waals surface area contributed by atoms with Crippen molar-refractivity contribution in [3.63, 3.8) is 0 Å². The molecule has 0 unspecified atom stereocenters. The summed E-state index contributed by atoms with van der Waals surface area (Å²) in [4.78, 5) is 0. The molecule has 1 aliphatic carbocycles. The van der Waals surface area contributed by atoms with Gasteiger partial charge in [-0.15, -0.1) is 12.4 Å². The second-order valence-electron chi connectivity index (χ2n) is 6.13. The Bertz CT molecular complexity index is 629. The van der Waals surface area contributed by atoms with Crippen LogP contribution in [-0.2, 0) is 6.61 Å². The summed E-state index contributed by atoms with van der Waals surface area (Å²) in [5.74, 6) is 2.18. The summed E-state index contributed by atoms with van der Waals surface area (Å²) in [6, 6.07) is 16.4. The number of benzene rings is 2. The number of halogens is 1. The zero-order valence-corrected chi connectivity index (χ0v) is 14.9. The first-order valence-electron chi connectivity index (χ1n) is 8.47. The quantitative estimate of drug-likeness (QED) is 0.775. The zero-order chi connectivity index (χ0) is 16.1. The second-order valence-corrected chi connectivity index (χ2v) is 6.13. The third kappa shape index (κ3) is 4.43. The topological polar surface area (TPSA) is 44.5 Å². The van der Waals surface area contributed by atoms with Crippen molar-refractivity contribution in [2.45, 2.75) is 38.8 Å². The Hall–Kier alpha value is -1.71. The van der Waals surface area contributed by atoms with Crippen LogP contribution in [0.2, 0.25) is 0 Å². The van der Waals surface area contributed by atoms with Gasteiger partial charge in [0.15, 0.2) is 11.5 Å². The largest absolute Gasteiger partial charge is 0.490 e. The Kier molecular flexibility index (Phi) is 6.95. The number of ether oxygens (including phenoxy) is 2. The molecule has 1 saturated carbocycles. The van der Waals surface area contributed by atoms with Gasteiger partial charge in [-0.2, -0.15) is 0 Å². The van der Waals surface area contributed by atoms with E-state index in [1.807, 2.05) is 37.3 Å². The molecule has 0 saturated heterocycles.